The first-order valence-electron chi connectivity index (χ1n) is 5.96. The van der Waals surface area contributed by atoms with Gasteiger partial charge in [-0.05, 0) is 29.1 Å². The maximum atomic E-state index is 10.3. The number of benzene rings is 1. The molecule has 1 N–H and O–H groups in total. The van der Waals surface area contributed by atoms with Gasteiger partial charge in [-0.25, -0.2) is 0 Å². The molecule has 100 valence electrons. The quantitative estimate of drug-likeness (QED) is 0.934. The summed E-state index contributed by atoms with van der Waals surface area (Å²) in [6.45, 7) is 0.191. The van der Waals surface area contributed by atoms with Gasteiger partial charge >= 0.3 is 0 Å². The van der Waals surface area contributed by atoms with Crippen LogP contribution in [-0.4, -0.2) is 19.0 Å². The Balaban J connectivity index is 1.88. The molecule has 2 heterocycles. The standard InChI is InChI=1S/C14H14O4S/c1-16-12-5-9(6-13-14(12)18-8-17-13)11(15)7-10-3-2-4-19-10/h2-6,11,15H,7-8H2,1H3. The predicted octanol–water partition coefficient (Wildman–Crippen LogP) is 2.76. The van der Waals surface area contributed by atoms with Gasteiger partial charge in [-0.1, -0.05) is 6.07 Å². The minimum Gasteiger partial charge on any atom is -0.493 e. The Kier molecular flexibility index (Phi) is 3.31. The summed E-state index contributed by atoms with van der Waals surface area (Å²) in [5, 5.41) is 12.3. The summed E-state index contributed by atoms with van der Waals surface area (Å²) in [6.07, 6.45) is 0.00236. The summed E-state index contributed by atoms with van der Waals surface area (Å²) in [5.74, 6) is 1.82. The summed E-state index contributed by atoms with van der Waals surface area (Å²) in [4.78, 5) is 1.14. The fourth-order valence-corrected chi connectivity index (χ4v) is 2.82. The third-order valence-electron chi connectivity index (χ3n) is 3.04. The van der Waals surface area contributed by atoms with Gasteiger partial charge in [0.2, 0.25) is 12.5 Å². The van der Waals surface area contributed by atoms with Gasteiger partial charge in [0, 0.05) is 11.3 Å². The topological polar surface area (TPSA) is 47.9 Å². The van der Waals surface area contributed by atoms with Gasteiger partial charge in [-0.2, -0.15) is 0 Å². The lowest BCUT2D eigenvalue weighted by atomic mass is 10.0. The summed E-state index contributed by atoms with van der Waals surface area (Å²) in [5.41, 5.74) is 0.773. The Morgan fingerprint density at radius 2 is 2.32 bits per heavy atom. The van der Waals surface area contributed by atoms with E-state index >= 15 is 0 Å². The van der Waals surface area contributed by atoms with Crippen LogP contribution >= 0.6 is 11.3 Å². The Morgan fingerprint density at radius 1 is 1.42 bits per heavy atom. The highest BCUT2D eigenvalue weighted by molar-refractivity contribution is 7.09. The zero-order chi connectivity index (χ0) is 13.2. The summed E-state index contributed by atoms with van der Waals surface area (Å²) in [6, 6.07) is 7.60. The molecule has 19 heavy (non-hydrogen) atoms. The highest BCUT2D eigenvalue weighted by atomic mass is 32.1. The number of aliphatic hydroxyl groups is 1. The maximum Gasteiger partial charge on any atom is 0.231 e. The van der Waals surface area contributed by atoms with Crippen LogP contribution in [0.2, 0.25) is 0 Å². The fraction of sp³-hybridized carbons (Fsp3) is 0.286. The van der Waals surface area contributed by atoms with Crippen molar-refractivity contribution in [2.24, 2.45) is 0 Å². The number of hydrogen-bond donors (Lipinski definition) is 1. The largest absolute Gasteiger partial charge is 0.493 e. The first kappa shape index (κ1) is 12.3. The van der Waals surface area contributed by atoms with Crippen LogP contribution in [0.4, 0.5) is 0 Å². The average molecular weight is 278 g/mol. The fourth-order valence-electron chi connectivity index (χ4n) is 2.08. The average Bonchev–Trinajstić information content (AvgIpc) is 3.07. The van der Waals surface area contributed by atoms with Crippen molar-refractivity contribution in [3.05, 3.63) is 40.1 Å². The van der Waals surface area contributed by atoms with Crippen LogP contribution in [0.1, 0.15) is 16.5 Å². The zero-order valence-corrected chi connectivity index (χ0v) is 11.3. The van der Waals surface area contributed by atoms with Crippen LogP contribution in [-0.2, 0) is 6.42 Å². The molecule has 0 fully saturated rings. The van der Waals surface area contributed by atoms with E-state index < -0.39 is 6.10 Å². The van der Waals surface area contributed by atoms with Crippen LogP contribution in [0.3, 0.4) is 0 Å². The number of ether oxygens (including phenoxy) is 3. The lowest BCUT2D eigenvalue weighted by molar-refractivity contribution is 0.170. The van der Waals surface area contributed by atoms with E-state index in [9.17, 15) is 5.11 Å². The number of fused-ring (bicyclic) bond motifs is 1. The van der Waals surface area contributed by atoms with E-state index in [1.807, 2.05) is 23.6 Å². The molecule has 1 aromatic carbocycles. The highest BCUT2D eigenvalue weighted by Gasteiger charge is 2.22. The summed E-state index contributed by atoms with van der Waals surface area (Å²) >= 11 is 1.63. The van der Waals surface area contributed by atoms with E-state index in [4.69, 9.17) is 14.2 Å². The van der Waals surface area contributed by atoms with Crippen molar-refractivity contribution in [2.75, 3.05) is 13.9 Å². The van der Waals surface area contributed by atoms with Crippen LogP contribution in [0.5, 0.6) is 17.2 Å². The predicted molar refractivity (Wildman–Crippen MR) is 72.1 cm³/mol. The molecule has 0 saturated heterocycles. The van der Waals surface area contributed by atoms with Crippen LogP contribution in [0.25, 0.3) is 0 Å². The van der Waals surface area contributed by atoms with E-state index in [0.717, 1.165) is 10.4 Å². The monoisotopic (exact) mass is 278 g/mol. The number of methoxy groups -OCH3 is 1. The van der Waals surface area contributed by atoms with E-state index in [1.54, 1.807) is 24.5 Å². The molecule has 0 saturated carbocycles. The molecule has 2 aromatic rings. The van der Waals surface area contributed by atoms with E-state index in [-0.39, 0.29) is 6.79 Å². The van der Waals surface area contributed by atoms with Gasteiger partial charge < -0.3 is 19.3 Å². The maximum absolute atomic E-state index is 10.3. The zero-order valence-electron chi connectivity index (χ0n) is 10.5. The molecule has 4 nitrogen and oxygen atoms in total. The molecular formula is C14H14O4S. The molecule has 0 amide bonds. The van der Waals surface area contributed by atoms with Gasteiger partial charge in [-0.3, -0.25) is 0 Å². The van der Waals surface area contributed by atoms with Crippen molar-refractivity contribution in [1.29, 1.82) is 0 Å². The van der Waals surface area contributed by atoms with Crippen LogP contribution in [0, 0.1) is 0 Å². The SMILES string of the molecule is COc1cc(C(O)Cc2cccs2)cc2c1OCO2. The van der Waals surface area contributed by atoms with Crippen molar-refractivity contribution in [1.82, 2.24) is 0 Å². The van der Waals surface area contributed by atoms with Gasteiger partial charge in [0.25, 0.3) is 0 Å². The van der Waals surface area contributed by atoms with Gasteiger partial charge in [0.1, 0.15) is 0 Å². The third kappa shape index (κ3) is 2.39. The van der Waals surface area contributed by atoms with Crippen molar-refractivity contribution in [3.63, 3.8) is 0 Å². The lowest BCUT2D eigenvalue weighted by Crippen LogP contribution is -2.01. The molecule has 5 heteroatoms. The van der Waals surface area contributed by atoms with Crippen molar-refractivity contribution < 1.29 is 19.3 Å². The van der Waals surface area contributed by atoms with Crippen molar-refractivity contribution >= 4 is 11.3 Å². The molecule has 0 spiro atoms. The molecule has 0 radical (unpaired) electrons. The van der Waals surface area contributed by atoms with Crippen molar-refractivity contribution in [3.8, 4) is 17.2 Å². The van der Waals surface area contributed by atoms with E-state index in [0.29, 0.717) is 23.7 Å². The minimum atomic E-state index is -0.581. The number of hydrogen-bond acceptors (Lipinski definition) is 5. The van der Waals surface area contributed by atoms with Crippen molar-refractivity contribution in [2.45, 2.75) is 12.5 Å². The second-order valence-electron chi connectivity index (χ2n) is 4.26. The molecule has 3 rings (SSSR count). The first-order valence-corrected chi connectivity index (χ1v) is 6.84. The summed E-state index contributed by atoms with van der Waals surface area (Å²) in [7, 11) is 1.58. The summed E-state index contributed by atoms with van der Waals surface area (Å²) < 4.78 is 16.0. The van der Waals surface area contributed by atoms with E-state index in [2.05, 4.69) is 0 Å². The minimum absolute atomic E-state index is 0.191. The van der Waals surface area contributed by atoms with Crippen LogP contribution in [0.15, 0.2) is 29.6 Å². The second-order valence-corrected chi connectivity index (χ2v) is 5.29. The third-order valence-corrected chi connectivity index (χ3v) is 3.94. The van der Waals surface area contributed by atoms with Crippen LogP contribution < -0.4 is 14.2 Å². The highest BCUT2D eigenvalue weighted by Crippen LogP contribution is 2.43. The van der Waals surface area contributed by atoms with Gasteiger partial charge in [0.15, 0.2) is 11.5 Å². The van der Waals surface area contributed by atoms with Gasteiger partial charge in [-0.15, -0.1) is 11.3 Å². The molecular weight excluding hydrogens is 264 g/mol. The first-order chi connectivity index (χ1) is 9.28. The molecule has 1 aromatic heterocycles. The lowest BCUT2D eigenvalue weighted by Gasteiger charge is -2.13. The molecule has 1 atom stereocenters. The Hall–Kier alpha value is -1.72. The molecule has 0 bridgehead atoms. The molecule has 1 unspecified atom stereocenters. The van der Waals surface area contributed by atoms with E-state index in [1.165, 1.54) is 0 Å². The Morgan fingerprint density at radius 3 is 3.05 bits per heavy atom. The Bertz CT molecular complexity index is 565. The number of rotatable bonds is 4. The van der Waals surface area contributed by atoms with Gasteiger partial charge in [0.05, 0.1) is 13.2 Å². The molecule has 0 aliphatic carbocycles. The second kappa shape index (κ2) is 5.11. The molecule has 1 aliphatic heterocycles. The smallest absolute Gasteiger partial charge is 0.231 e. The normalized spacial score (nSPS) is 14.4. The number of thiophene rings is 1. The molecule has 1 aliphatic rings. The number of aliphatic hydroxyl groups excluding tert-OH is 1. The Labute approximate surface area is 115 Å².